The lowest BCUT2D eigenvalue weighted by Crippen LogP contribution is -2.23. The Morgan fingerprint density at radius 3 is 2.58 bits per heavy atom. The predicted octanol–water partition coefficient (Wildman–Crippen LogP) is 1.13. The molecular weight excluding hydrogens is 246 g/mol. The van der Waals surface area contributed by atoms with Gasteiger partial charge in [-0.15, -0.1) is 0 Å². The van der Waals surface area contributed by atoms with Gasteiger partial charge in [-0.1, -0.05) is 0 Å². The molecule has 0 aliphatic carbocycles. The zero-order chi connectivity index (χ0) is 13.8. The number of benzene rings is 1. The lowest BCUT2D eigenvalue weighted by atomic mass is 10.2. The summed E-state index contributed by atoms with van der Waals surface area (Å²) >= 11 is 0. The molecule has 0 radical (unpaired) electrons. The van der Waals surface area contributed by atoms with Gasteiger partial charge in [-0.3, -0.25) is 4.79 Å². The van der Waals surface area contributed by atoms with E-state index in [4.69, 9.17) is 0 Å². The second kappa shape index (κ2) is 5.34. The van der Waals surface area contributed by atoms with E-state index in [0.29, 0.717) is 11.5 Å². The van der Waals surface area contributed by atoms with Crippen LogP contribution in [-0.4, -0.2) is 26.1 Å². The molecule has 0 atom stereocenters. The molecular formula is C13H13N3O3. The third kappa shape index (κ3) is 3.41. The summed E-state index contributed by atoms with van der Waals surface area (Å²) in [5.41, 5.74) is 0.869. The molecule has 3 N–H and O–H groups in total. The summed E-state index contributed by atoms with van der Waals surface area (Å²) in [5.74, 6) is -0.102. The van der Waals surface area contributed by atoms with Crippen molar-refractivity contribution >= 4 is 5.91 Å². The maximum Gasteiger partial charge on any atom is 0.251 e. The van der Waals surface area contributed by atoms with Crippen LogP contribution in [0.25, 0.3) is 0 Å². The highest BCUT2D eigenvalue weighted by Gasteiger charge is 2.08. The molecule has 1 aromatic carbocycles. The van der Waals surface area contributed by atoms with Crippen molar-refractivity contribution in [1.82, 2.24) is 15.3 Å². The van der Waals surface area contributed by atoms with Crippen molar-refractivity contribution in [1.29, 1.82) is 0 Å². The van der Waals surface area contributed by atoms with Gasteiger partial charge in [0.05, 0.1) is 12.2 Å². The number of phenols is 2. The SMILES string of the molecule is Cc1nccc(CNC(=O)c2cc(O)cc(O)c2)n1. The van der Waals surface area contributed by atoms with Crippen molar-refractivity contribution in [3.05, 3.63) is 47.5 Å². The lowest BCUT2D eigenvalue weighted by Gasteiger charge is -2.06. The van der Waals surface area contributed by atoms with Gasteiger partial charge in [0.25, 0.3) is 5.91 Å². The molecule has 6 nitrogen and oxygen atoms in total. The molecule has 1 heterocycles. The van der Waals surface area contributed by atoms with Gasteiger partial charge in [-0.05, 0) is 25.1 Å². The van der Waals surface area contributed by atoms with Gasteiger partial charge < -0.3 is 15.5 Å². The minimum absolute atomic E-state index is 0.164. The van der Waals surface area contributed by atoms with Crippen LogP contribution in [-0.2, 0) is 6.54 Å². The summed E-state index contributed by atoms with van der Waals surface area (Å²) < 4.78 is 0. The molecule has 19 heavy (non-hydrogen) atoms. The molecule has 0 fully saturated rings. The van der Waals surface area contributed by atoms with Gasteiger partial charge in [-0.2, -0.15) is 0 Å². The molecule has 0 aliphatic heterocycles. The topological polar surface area (TPSA) is 95.3 Å². The number of hydrogen-bond acceptors (Lipinski definition) is 5. The van der Waals surface area contributed by atoms with Crippen LogP contribution in [0.2, 0.25) is 0 Å². The smallest absolute Gasteiger partial charge is 0.251 e. The minimum atomic E-state index is -0.400. The van der Waals surface area contributed by atoms with Crippen molar-refractivity contribution in [2.24, 2.45) is 0 Å². The molecule has 0 saturated heterocycles. The first kappa shape index (κ1) is 12.8. The van der Waals surface area contributed by atoms with Crippen LogP contribution in [0, 0.1) is 6.92 Å². The van der Waals surface area contributed by atoms with E-state index in [1.165, 1.54) is 12.1 Å². The normalized spacial score (nSPS) is 10.2. The van der Waals surface area contributed by atoms with Crippen LogP contribution >= 0.6 is 0 Å². The van der Waals surface area contributed by atoms with Crippen molar-refractivity contribution in [2.45, 2.75) is 13.5 Å². The summed E-state index contributed by atoms with van der Waals surface area (Å²) in [6.07, 6.45) is 1.62. The van der Waals surface area contributed by atoms with Gasteiger partial charge in [0.1, 0.15) is 17.3 Å². The van der Waals surface area contributed by atoms with E-state index in [2.05, 4.69) is 15.3 Å². The van der Waals surface area contributed by atoms with E-state index in [-0.39, 0.29) is 23.6 Å². The average Bonchev–Trinajstić information content (AvgIpc) is 2.35. The Morgan fingerprint density at radius 1 is 1.26 bits per heavy atom. The van der Waals surface area contributed by atoms with Crippen molar-refractivity contribution < 1.29 is 15.0 Å². The zero-order valence-electron chi connectivity index (χ0n) is 10.3. The van der Waals surface area contributed by atoms with Crippen molar-refractivity contribution in [3.8, 4) is 11.5 Å². The van der Waals surface area contributed by atoms with E-state index in [1.54, 1.807) is 19.2 Å². The fraction of sp³-hybridized carbons (Fsp3) is 0.154. The summed E-state index contributed by atoms with van der Waals surface area (Å²) in [4.78, 5) is 19.9. The maximum atomic E-state index is 11.8. The van der Waals surface area contributed by atoms with Crippen LogP contribution in [0.1, 0.15) is 21.9 Å². The molecule has 1 aromatic heterocycles. The fourth-order valence-electron chi connectivity index (χ4n) is 1.60. The van der Waals surface area contributed by atoms with Crippen LogP contribution in [0.15, 0.2) is 30.5 Å². The molecule has 0 spiro atoms. The van der Waals surface area contributed by atoms with Crippen LogP contribution in [0.3, 0.4) is 0 Å². The highest BCUT2D eigenvalue weighted by molar-refractivity contribution is 5.94. The number of aromatic hydroxyl groups is 2. The Bertz CT molecular complexity index is 594. The largest absolute Gasteiger partial charge is 0.508 e. The third-order valence-electron chi connectivity index (χ3n) is 2.43. The number of hydrogen-bond donors (Lipinski definition) is 3. The minimum Gasteiger partial charge on any atom is -0.508 e. The maximum absolute atomic E-state index is 11.8. The van der Waals surface area contributed by atoms with Gasteiger partial charge >= 0.3 is 0 Å². The predicted molar refractivity (Wildman–Crippen MR) is 67.7 cm³/mol. The molecule has 0 saturated carbocycles. The molecule has 0 aliphatic rings. The third-order valence-corrected chi connectivity index (χ3v) is 2.43. The monoisotopic (exact) mass is 259 g/mol. The molecule has 1 amide bonds. The van der Waals surface area contributed by atoms with Gasteiger partial charge in [-0.25, -0.2) is 9.97 Å². The van der Waals surface area contributed by atoms with Gasteiger partial charge in [0, 0.05) is 17.8 Å². The second-order valence-electron chi connectivity index (χ2n) is 4.02. The quantitative estimate of drug-likeness (QED) is 0.767. The van der Waals surface area contributed by atoms with E-state index >= 15 is 0 Å². The number of carbonyl (C=O) groups excluding carboxylic acids is 1. The van der Waals surface area contributed by atoms with E-state index in [0.717, 1.165) is 6.07 Å². The second-order valence-corrected chi connectivity index (χ2v) is 4.02. The summed E-state index contributed by atoms with van der Waals surface area (Å²) in [6, 6.07) is 5.42. The highest BCUT2D eigenvalue weighted by Crippen LogP contribution is 2.20. The van der Waals surface area contributed by atoms with E-state index in [1.807, 2.05) is 0 Å². The highest BCUT2D eigenvalue weighted by atomic mass is 16.3. The van der Waals surface area contributed by atoms with Crippen LogP contribution in [0.4, 0.5) is 0 Å². The number of carbonyl (C=O) groups is 1. The van der Waals surface area contributed by atoms with Crippen LogP contribution in [0.5, 0.6) is 11.5 Å². The molecule has 2 rings (SSSR count). The average molecular weight is 259 g/mol. The zero-order valence-corrected chi connectivity index (χ0v) is 10.3. The van der Waals surface area contributed by atoms with Crippen molar-refractivity contribution in [2.75, 3.05) is 0 Å². The molecule has 0 unspecified atom stereocenters. The summed E-state index contributed by atoms with van der Waals surface area (Å²) in [7, 11) is 0. The first-order valence-electron chi connectivity index (χ1n) is 5.64. The number of aromatic nitrogens is 2. The molecule has 98 valence electrons. The first-order valence-corrected chi connectivity index (χ1v) is 5.64. The van der Waals surface area contributed by atoms with E-state index in [9.17, 15) is 15.0 Å². The van der Waals surface area contributed by atoms with E-state index < -0.39 is 5.91 Å². The Labute approximate surface area is 109 Å². The first-order chi connectivity index (χ1) is 9.04. The van der Waals surface area contributed by atoms with Crippen LogP contribution < -0.4 is 5.32 Å². The molecule has 2 aromatic rings. The number of rotatable bonds is 3. The molecule has 0 bridgehead atoms. The molecule has 6 heteroatoms. The summed E-state index contributed by atoms with van der Waals surface area (Å²) in [6.45, 7) is 2.01. The number of nitrogens with zero attached hydrogens (tertiary/aromatic N) is 2. The number of nitrogens with one attached hydrogen (secondary N) is 1. The number of amides is 1. The van der Waals surface area contributed by atoms with Gasteiger partial charge in [0.15, 0.2) is 0 Å². The summed E-state index contributed by atoms with van der Waals surface area (Å²) in [5, 5.41) is 21.3. The lowest BCUT2D eigenvalue weighted by molar-refractivity contribution is 0.0949. The number of aryl methyl sites for hydroxylation is 1. The fourth-order valence-corrected chi connectivity index (χ4v) is 1.60. The Hall–Kier alpha value is -2.63. The Kier molecular flexibility index (Phi) is 3.61. The number of phenolic OH excluding ortho intramolecular Hbond substituents is 2. The standard InChI is InChI=1S/C13H13N3O3/c1-8-14-3-2-10(16-8)7-15-13(19)9-4-11(17)6-12(18)5-9/h2-6,17-18H,7H2,1H3,(H,15,19). The van der Waals surface area contributed by atoms with Crippen molar-refractivity contribution in [3.63, 3.8) is 0 Å². The van der Waals surface area contributed by atoms with Gasteiger partial charge in [0.2, 0.25) is 0 Å². The Balaban J connectivity index is 2.05. The Morgan fingerprint density at radius 2 is 1.95 bits per heavy atom.